The van der Waals surface area contributed by atoms with Crippen LogP contribution in [0.1, 0.15) is 11.1 Å². The number of thiocarbonyl (C=S) groups is 1. The molecule has 1 fully saturated rings. The fourth-order valence-electron chi connectivity index (χ4n) is 3.39. The van der Waals surface area contributed by atoms with Crippen molar-refractivity contribution in [2.24, 2.45) is 0 Å². The highest BCUT2D eigenvalue weighted by atomic mass is 79.9. The summed E-state index contributed by atoms with van der Waals surface area (Å²) in [5.74, 6) is 0.781. The highest BCUT2D eigenvalue weighted by Gasteiger charge is 2.33. The number of carbonyl (C=O) groups excluding carboxylic acids is 1. The Hall–Kier alpha value is -2.86. The third-order valence-electron chi connectivity index (χ3n) is 5.22. The third-order valence-corrected chi connectivity index (χ3v) is 7.93. The van der Waals surface area contributed by atoms with Gasteiger partial charge in [-0.25, -0.2) is 0 Å². The molecule has 4 rings (SSSR count). The second-order valence-corrected chi connectivity index (χ2v) is 10.9. The van der Waals surface area contributed by atoms with Gasteiger partial charge >= 0.3 is 0 Å². The van der Waals surface area contributed by atoms with Crippen molar-refractivity contribution in [2.45, 2.75) is 11.5 Å². The summed E-state index contributed by atoms with van der Waals surface area (Å²) in [5.41, 5.74) is 2.26. The molecule has 184 valence electrons. The average Bonchev–Trinajstić information content (AvgIpc) is 3.16. The molecule has 11 heteroatoms. The fraction of sp³-hybridized carbons (Fsp3) is 0.120. The first-order valence-corrected chi connectivity index (χ1v) is 13.7. The van der Waals surface area contributed by atoms with Gasteiger partial charge in [0.2, 0.25) is 0 Å². The average molecular weight is 604 g/mol. The summed E-state index contributed by atoms with van der Waals surface area (Å²) in [6.07, 6.45) is 3.75. The van der Waals surface area contributed by atoms with Crippen molar-refractivity contribution in [2.75, 3.05) is 18.3 Å². The Bertz CT molecular complexity index is 1380. The predicted octanol–water partition coefficient (Wildman–Crippen LogP) is 7.07. The highest BCUT2D eigenvalue weighted by molar-refractivity contribution is 9.10. The lowest BCUT2D eigenvalue weighted by atomic mass is 10.1. The molecule has 36 heavy (non-hydrogen) atoms. The first kappa shape index (κ1) is 26.2. The third kappa shape index (κ3) is 5.75. The van der Waals surface area contributed by atoms with E-state index in [1.807, 2.05) is 30.5 Å². The first-order valence-electron chi connectivity index (χ1n) is 10.5. The molecule has 3 aromatic carbocycles. The number of rotatable bonds is 8. The normalized spacial score (nSPS) is 14.4. The molecule has 0 bridgehead atoms. The van der Waals surface area contributed by atoms with Crippen molar-refractivity contribution in [3.05, 3.63) is 91.3 Å². The number of hydrogen-bond donors (Lipinski definition) is 0. The lowest BCUT2D eigenvalue weighted by Gasteiger charge is -2.15. The molecular formula is C25H19BrN2O5S3. The summed E-state index contributed by atoms with van der Waals surface area (Å²) >= 11 is 11.9. The molecule has 1 aliphatic heterocycles. The van der Waals surface area contributed by atoms with Crippen LogP contribution >= 0.6 is 51.7 Å². The summed E-state index contributed by atoms with van der Waals surface area (Å²) < 4.78 is 12.6. The number of nitro benzene ring substituents is 1. The van der Waals surface area contributed by atoms with Crippen molar-refractivity contribution in [3.8, 4) is 11.5 Å². The number of halogens is 1. The van der Waals surface area contributed by atoms with Gasteiger partial charge in [-0.1, -0.05) is 46.0 Å². The Labute approximate surface area is 230 Å². The van der Waals surface area contributed by atoms with Crippen LogP contribution in [0.2, 0.25) is 0 Å². The summed E-state index contributed by atoms with van der Waals surface area (Å²) in [6.45, 7) is 0.202. The topological polar surface area (TPSA) is 81.9 Å². The van der Waals surface area contributed by atoms with Crippen LogP contribution in [0.5, 0.6) is 11.5 Å². The number of amides is 1. The second kappa shape index (κ2) is 11.5. The Balaban J connectivity index is 1.55. The number of nitro groups is 1. The zero-order valence-corrected chi connectivity index (χ0v) is 23.1. The minimum atomic E-state index is -0.446. The van der Waals surface area contributed by atoms with Gasteiger partial charge in [-0.15, -0.1) is 11.8 Å². The SMILES string of the molecule is COc1cc(/C=C2/SC(=S)N(c3cccc(SC)c3)C2=O)c(Br)cc1OCc1ccc([N+](=O)[O-])cc1. The molecule has 0 spiro atoms. The van der Waals surface area contributed by atoms with Gasteiger partial charge in [0.05, 0.1) is 22.6 Å². The van der Waals surface area contributed by atoms with Gasteiger partial charge in [-0.3, -0.25) is 19.8 Å². The van der Waals surface area contributed by atoms with E-state index in [1.54, 1.807) is 47.0 Å². The van der Waals surface area contributed by atoms with Gasteiger partial charge in [0, 0.05) is 21.5 Å². The maximum Gasteiger partial charge on any atom is 0.270 e. The van der Waals surface area contributed by atoms with Crippen molar-refractivity contribution in [1.82, 2.24) is 0 Å². The molecule has 0 aliphatic carbocycles. The van der Waals surface area contributed by atoms with Gasteiger partial charge in [-0.05, 0) is 65.9 Å². The molecule has 7 nitrogen and oxygen atoms in total. The van der Waals surface area contributed by atoms with Crippen LogP contribution in [0.4, 0.5) is 11.4 Å². The summed E-state index contributed by atoms with van der Waals surface area (Å²) in [4.78, 5) is 26.7. The predicted molar refractivity (Wildman–Crippen MR) is 152 cm³/mol. The molecule has 0 saturated carbocycles. The van der Waals surface area contributed by atoms with Crippen molar-refractivity contribution in [1.29, 1.82) is 0 Å². The minimum Gasteiger partial charge on any atom is -0.493 e. The van der Waals surface area contributed by atoms with E-state index >= 15 is 0 Å². The quantitative estimate of drug-likeness (QED) is 0.0889. The Morgan fingerprint density at radius 1 is 1.17 bits per heavy atom. The van der Waals surface area contributed by atoms with E-state index in [9.17, 15) is 14.9 Å². The highest BCUT2D eigenvalue weighted by Crippen LogP contribution is 2.40. The second-order valence-electron chi connectivity index (χ2n) is 7.46. The lowest BCUT2D eigenvalue weighted by molar-refractivity contribution is -0.384. The Kier molecular flexibility index (Phi) is 8.35. The van der Waals surface area contributed by atoms with E-state index in [0.29, 0.717) is 25.2 Å². The molecule has 0 N–H and O–H groups in total. The molecule has 1 saturated heterocycles. The monoisotopic (exact) mass is 602 g/mol. The standard InChI is InChI=1S/C25H19BrN2O5S3/c1-32-21-10-16(20(26)13-22(21)33-14-15-6-8-17(9-7-15)28(30)31)11-23-24(29)27(25(34)36-23)18-4-3-5-19(12-18)35-2/h3-13H,14H2,1-2H3/b23-11+. The van der Waals surface area contributed by atoms with Crippen molar-refractivity contribution in [3.63, 3.8) is 0 Å². The molecule has 0 radical (unpaired) electrons. The van der Waals surface area contributed by atoms with E-state index < -0.39 is 4.92 Å². The minimum absolute atomic E-state index is 0.0193. The maximum atomic E-state index is 13.2. The van der Waals surface area contributed by atoms with Crippen LogP contribution in [0, 0.1) is 10.1 Å². The van der Waals surface area contributed by atoms with Crippen LogP contribution < -0.4 is 14.4 Å². The van der Waals surface area contributed by atoms with Gasteiger partial charge in [-0.2, -0.15) is 0 Å². The number of methoxy groups -OCH3 is 1. The zero-order valence-electron chi connectivity index (χ0n) is 19.1. The molecular weight excluding hydrogens is 584 g/mol. The number of carbonyl (C=O) groups is 1. The Morgan fingerprint density at radius 3 is 2.58 bits per heavy atom. The van der Waals surface area contributed by atoms with Gasteiger partial charge in [0.25, 0.3) is 11.6 Å². The van der Waals surface area contributed by atoms with Crippen LogP contribution in [0.3, 0.4) is 0 Å². The maximum absolute atomic E-state index is 13.2. The van der Waals surface area contributed by atoms with E-state index in [4.69, 9.17) is 21.7 Å². The zero-order chi connectivity index (χ0) is 25.8. The number of benzene rings is 3. The summed E-state index contributed by atoms with van der Waals surface area (Å²) in [6, 6.07) is 17.4. The molecule has 1 amide bonds. The van der Waals surface area contributed by atoms with E-state index in [2.05, 4.69) is 15.9 Å². The molecule has 0 unspecified atom stereocenters. The van der Waals surface area contributed by atoms with Crippen LogP contribution in [-0.2, 0) is 11.4 Å². The molecule has 1 heterocycles. The molecule has 0 aromatic heterocycles. The van der Waals surface area contributed by atoms with Gasteiger partial charge in [0.15, 0.2) is 15.8 Å². The van der Waals surface area contributed by atoms with Crippen LogP contribution in [0.15, 0.2) is 74.9 Å². The van der Waals surface area contributed by atoms with E-state index in [-0.39, 0.29) is 18.2 Å². The number of thioether (sulfide) groups is 2. The number of ether oxygens (including phenoxy) is 2. The van der Waals surface area contributed by atoms with Gasteiger partial charge < -0.3 is 9.47 Å². The molecule has 3 aromatic rings. The van der Waals surface area contributed by atoms with E-state index in [1.165, 1.54) is 31.0 Å². The van der Waals surface area contributed by atoms with Crippen molar-refractivity contribution >= 4 is 79.4 Å². The lowest BCUT2D eigenvalue weighted by Crippen LogP contribution is -2.27. The molecule has 1 aliphatic rings. The fourth-order valence-corrected chi connectivity index (χ4v) is 5.57. The summed E-state index contributed by atoms with van der Waals surface area (Å²) in [7, 11) is 1.53. The van der Waals surface area contributed by atoms with Gasteiger partial charge in [0.1, 0.15) is 6.61 Å². The summed E-state index contributed by atoms with van der Waals surface area (Å²) in [5, 5.41) is 10.8. The Morgan fingerprint density at radius 2 is 1.92 bits per heavy atom. The van der Waals surface area contributed by atoms with E-state index in [0.717, 1.165) is 21.7 Å². The van der Waals surface area contributed by atoms with Crippen molar-refractivity contribution < 1.29 is 19.2 Å². The number of nitrogens with zero attached hydrogens (tertiary/aromatic N) is 2. The number of anilines is 1. The number of hydrogen-bond acceptors (Lipinski definition) is 8. The number of non-ortho nitro benzene ring substituents is 1. The van der Waals surface area contributed by atoms with Crippen LogP contribution in [-0.4, -0.2) is 28.5 Å². The largest absolute Gasteiger partial charge is 0.493 e. The first-order chi connectivity index (χ1) is 17.3. The van der Waals surface area contributed by atoms with Crippen LogP contribution in [0.25, 0.3) is 6.08 Å². The smallest absolute Gasteiger partial charge is 0.270 e. The molecule has 0 atom stereocenters.